The quantitative estimate of drug-likeness (QED) is 0.829. The molecular formula is C13H15IN4. The molecule has 0 saturated heterocycles. The summed E-state index contributed by atoms with van der Waals surface area (Å²) in [6, 6.07) is 8.14. The Morgan fingerprint density at radius 1 is 1.06 bits per heavy atom. The molecule has 1 aromatic heterocycles. The Morgan fingerprint density at radius 3 is 2.44 bits per heavy atom. The Kier molecular flexibility index (Phi) is 4.00. The van der Waals surface area contributed by atoms with Crippen LogP contribution in [0.4, 0.5) is 17.3 Å². The average molecular weight is 354 g/mol. The van der Waals surface area contributed by atoms with Gasteiger partial charge in [-0.25, -0.2) is 9.97 Å². The largest absolute Gasteiger partial charge is 0.373 e. The van der Waals surface area contributed by atoms with E-state index in [0.29, 0.717) is 0 Å². The Morgan fingerprint density at radius 2 is 1.78 bits per heavy atom. The molecule has 2 N–H and O–H groups in total. The molecule has 18 heavy (non-hydrogen) atoms. The monoisotopic (exact) mass is 354 g/mol. The smallest absolute Gasteiger partial charge is 0.136 e. The van der Waals surface area contributed by atoms with Gasteiger partial charge in [-0.3, -0.25) is 0 Å². The van der Waals surface area contributed by atoms with Crippen LogP contribution in [0.25, 0.3) is 0 Å². The second kappa shape index (κ2) is 5.51. The molecule has 0 amide bonds. The molecule has 4 nitrogen and oxygen atoms in total. The molecular weight excluding hydrogens is 339 g/mol. The third-order valence-electron chi connectivity index (χ3n) is 2.54. The first kappa shape index (κ1) is 13.1. The number of aromatic nitrogens is 2. The van der Waals surface area contributed by atoms with Gasteiger partial charge in [0.15, 0.2) is 0 Å². The molecule has 0 unspecified atom stereocenters. The van der Waals surface area contributed by atoms with Crippen molar-refractivity contribution in [1.29, 1.82) is 0 Å². The minimum atomic E-state index is 0.742. The van der Waals surface area contributed by atoms with E-state index in [1.807, 2.05) is 26.1 Å². The molecule has 0 fully saturated rings. The lowest BCUT2D eigenvalue weighted by Gasteiger charge is -2.09. The topological polar surface area (TPSA) is 49.8 Å². The van der Waals surface area contributed by atoms with Crippen molar-refractivity contribution in [3.63, 3.8) is 0 Å². The van der Waals surface area contributed by atoms with E-state index in [-0.39, 0.29) is 0 Å². The van der Waals surface area contributed by atoms with Gasteiger partial charge in [0, 0.05) is 22.4 Å². The highest BCUT2D eigenvalue weighted by atomic mass is 127. The maximum absolute atomic E-state index is 4.36. The molecule has 1 aromatic carbocycles. The first-order chi connectivity index (χ1) is 8.58. The zero-order valence-corrected chi connectivity index (χ0v) is 12.7. The summed E-state index contributed by atoms with van der Waals surface area (Å²) in [7, 11) is 1.85. The fourth-order valence-corrected chi connectivity index (χ4v) is 2.09. The van der Waals surface area contributed by atoms with E-state index in [1.165, 1.54) is 9.13 Å². The molecule has 0 aliphatic carbocycles. The van der Waals surface area contributed by atoms with Crippen molar-refractivity contribution < 1.29 is 0 Å². The van der Waals surface area contributed by atoms with Crippen LogP contribution in [0.2, 0.25) is 0 Å². The number of aryl methyl sites for hydroxylation is 2. The number of nitrogens with zero attached hydrogens (tertiary/aromatic N) is 2. The van der Waals surface area contributed by atoms with Gasteiger partial charge < -0.3 is 10.6 Å². The number of rotatable bonds is 3. The van der Waals surface area contributed by atoms with Gasteiger partial charge in [-0.05, 0) is 54.1 Å². The first-order valence-corrected chi connectivity index (χ1v) is 6.73. The lowest BCUT2D eigenvalue weighted by Crippen LogP contribution is -2.01. The Hall–Kier alpha value is -1.37. The highest BCUT2D eigenvalue weighted by Gasteiger charge is 2.02. The van der Waals surface area contributed by atoms with E-state index in [1.54, 1.807) is 0 Å². The van der Waals surface area contributed by atoms with Crippen LogP contribution in [0.15, 0.2) is 24.3 Å². The molecule has 0 saturated carbocycles. The molecule has 0 bridgehead atoms. The van der Waals surface area contributed by atoms with Gasteiger partial charge in [-0.2, -0.15) is 0 Å². The van der Waals surface area contributed by atoms with Crippen molar-refractivity contribution in [2.24, 2.45) is 0 Å². The van der Waals surface area contributed by atoms with Crippen molar-refractivity contribution in [3.8, 4) is 0 Å². The van der Waals surface area contributed by atoms with E-state index in [4.69, 9.17) is 0 Å². The Balaban J connectivity index is 2.27. The fraction of sp³-hybridized carbons (Fsp3) is 0.231. The van der Waals surface area contributed by atoms with Crippen molar-refractivity contribution in [2.45, 2.75) is 13.8 Å². The Bertz CT molecular complexity index is 569. The summed E-state index contributed by atoms with van der Waals surface area (Å²) >= 11 is 2.33. The molecule has 0 aliphatic rings. The van der Waals surface area contributed by atoms with Gasteiger partial charge in [-0.1, -0.05) is 6.07 Å². The van der Waals surface area contributed by atoms with Gasteiger partial charge in [0.2, 0.25) is 0 Å². The summed E-state index contributed by atoms with van der Waals surface area (Å²) in [4.78, 5) is 8.63. The zero-order chi connectivity index (χ0) is 13.1. The van der Waals surface area contributed by atoms with Crippen LogP contribution in [-0.4, -0.2) is 17.0 Å². The summed E-state index contributed by atoms with van der Waals surface area (Å²) in [6.07, 6.45) is 0. The number of hydrogen-bond donors (Lipinski definition) is 2. The molecule has 5 heteroatoms. The third-order valence-corrected chi connectivity index (χ3v) is 3.70. The average Bonchev–Trinajstić information content (AvgIpc) is 2.33. The number of benzene rings is 1. The fourth-order valence-electron chi connectivity index (χ4n) is 1.58. The van der Waals surface area contributed by atoms with Crippen molar-refractivity contribution in [1.82, 2.24) is 9.97 Å². The predicted molar refractivity (Wildman–Crippen MR) is 83.5 cm³/mol. The molecule has 0 aliphatic heterocycles. The SMILES string of the molecule is CNc1cc(Nc2ccc(C)c(I)c2)nc(C)n1. The van der Waals surface area contributed by atoms with E-state index in [2.05, 4.69) is 62.2 Å². The van der Waals surface area contributed by atoms with Crippen LogP contribution in [-0.2, 0) is 0 Å². The summed E-state index contributed by atoms with van der Waals surface area (Å²) in [6.45, 7) is 3.98. The van der Waals surface area contributed by atoms with Gasteiger partial charge in [0.1, 0.15) is 17.5 Å². The molecule has 0 atom stereocenters. The second-order valence-corrected chi connectivity index (χ2v) is 5.19. The van der Waals surface area contributed by atoms with E-state index < -0.39 is 0 Å². The molecule has 2 rings (SSSR count). The van der Waals surface area contributed by atoms with E-state index >= 15 is 0 Å². The van der Waals surface area contributed by atoms with Crippen LogP contribution in [0, 0.1) is 17.4 Å². The van der Waals surface area contributed by atoms with Crippen LogP contribution in [0.3, 0.4) is 0 Å². The maximum atomic E-state index is 4.36. The number of nitrogens with one attached hydrogen (secondary N) is 2. The van der Waals surface area contributed by atoms with E-state index in [9.17, 15) is 0 Å². The predicted octanol–water partition coefficient (Wildman–Crippen LogP) is 3.48. The van der Waals surface area contributed by atoms with Crippen molar-refractivity contribution >= 4 is 39.9 Å². The van der Waals surface area contributed by atoms with Crippen LogP contribution in [0.1, 0.15) is 11.4 Å². The van der Waals surface area contributed by atoms with Crippen molar-refractivity contribution in [2.75, 3.05) is 17.7 Å². The van der Waals surface area contributed by atoms with Crippen LogP contribution in [0.5, 0.6) is 0 Å². The zero-order valence-electron chi connectivity index (χ0n) is 10.6. The molecule has 2 aromatic rings. The lowest BCUT2D eigenvalue weighted by atomic mass is 10.2. The summed E-state index contributed by atoms with van der Waals surface area (Å²) in [5.41, 5.74) is 2.31. The maximum Gasteiger partial charge on any atom is 0.136 e. The normalized spacial score (nSPS) is 10.2. The van der Waals surface area contributed by atoms with Crippen molar-refractivity contribution in [3.05, 3.63) is 39.2 Å². The summed E-state index contributed by atoms with van der Waals surface area (Å²) < 4.78 is 1.23. The minimum Gasteiger partial charge on any atom is -0.373 e. The summed E-state index contributed by atoms with van der Waals surface area (Å²) in [5, 5.41) is 6.31. The molecule has 0 spiro atoms. The van der Waals surface area contributed by atoms with Gasteiger partial charge >= 0.3 is 0 Å². The lowest BCUT2D eigenvalue weighted by molar-refractivity contribution is 1.06. The van der Waals surface area contributed by atoms with Gasteiger partial charge in [0.05, 0.1) is 0 Å². The van der Waals surface area contributed by atoms with Gasteiger partial charge in [-0.15, -0.1) is 0 Å². The number of halogens is 1. The van der Waals surface area contributed by atoms with Crippen LogP contribution >= 0.6 is 22.6 Å². The Labute approximate surface area is 120 Å². The molecule has 1 heterocycles. The standard InChI is InChI=1S/C13H15IN4/c1-8-4-5-10(6-11(8)14)18-13-7-12(15-3)16-9(2)17-13/h4-7H,1-3H3,(H2,15,16,17,18). The van der Waals surface area contributed by atoms with E-state index in [0.717, 1.165) is 23.1 Å². The highest BCUT2D eigenvalue weighted by molar-refractivity contribution is 14.1. The first-order valence-electron chi connectivity index (χ1n) is 5.65. The molecule has 94 valence electrons. The summed E-state index contributed by atoms with van der Waals surface area (Å²) in [5.74, 6) is 2.35. The van der Waals surface area contributed by atoms with Gasteiger partial charge in [0.25, 0.3) is 0 Å². The molecule has 0 radical (unpaired) electrons. The third kappa shape index (κ3) is 3.10. The number of hydrogen-bond acceptors (Lipinski definition) is 4. The van der Waals surface area contributed by atoms with Crippen LogP contribution < -0.4 is 10.6 Å². The number of anilines is 3. The minimum absolute atomic E-state index is 0.742. The second-order valence-electron chi connectivity index (χ2n) is 4.02. The highest BCUT2D eigenvalue weighted by Crippen LogP contribution is 2.21.